The molecule has 3 saturated carbocycles. The average Bonchev–Trinajstić information content (AvgIpc) is 3.65. The molecule has 268 valence electrons. The maximum Gasteiger partial charge on any atom is 0.287 e. The highest BCUT2D eigenvalue weighted by atomic mass is 16.2. The van der Waals surface area contributed by atoms with E-state index in [1.165, 1.54) is 18.6 Å². The summed E-state index contributed by atoms with van der Waals surface area (Å²) in [6.07, 6.45) is 14.1. The van der Waals surface area contributed by atoms with Crippen molar-refractivity contribution in [3.63, 3.8) is 0 Å². The zero-order valence-electron chi connectivity index (χ0n) is 29.5. The molecule has 1 saturated heterocycles. The molecule has 0 bridgehead atoms. The Morgan fingerprint density at radius 1 is 0.918 bits per heavy atom. The lowest BCUT2D eigenvalue weighted by Gasteiger charge is -2.38. The van der Waals surface area contributed by atoms with E-state index in [0.717, 1.165) is 64.2 Å². The van der Waals surface area contributed by atoms with Crippen molar-refractivity contribution in [1.29, 1.82) is 0 Å². The van der Waals surface area contributed by atoms with Gasteiger partial charge in [-0.05, 0) is 68.1 Å². The van der Waals surface area contributed by atoms with Gasteiger partial charge in [0.15, 0.2) is 5.78 Å². The molecule has 2 heterocycles. The number of amides is 4. The van der Waals surface area contributed by atoms with Gasteiger partial charge in [0.05, 0.1) is 12.2 Å². The van der Waals surface area contributed by atoms with Gasteiger partial charge >= 0.3 is 0 Å². The van der Waals surface area contributed by atoms with Crippen LogP contribution in [0.25, 0.3) is 0 Å². The number of aromatic nitrogens is 2. The van der Waals surface area contributed by atoms with Crippen LogP contribution >= 0.6 is 0 Å². The number of nitrogens with zero attached hydrogens (tertiary/aromatic N) is 3. The highest BCUT2D eigenvalue weighted by Gasteiger charge is 2.52. The number of carbonyl (C=O) groups excluding carboxylic acids is 6. The monoisotopic (exact) mass is 678 g/mol. The Hall–Kier alpha value is -3.70. The van der Waals surface area contributed by atoms with Crippen molar-refractivity contribution in [3.8, 4) is 0 Å². The topological polar surface area (TPSA) is 168 Å². The van der Waals surface area contributed by atoms with E-state index in [4.69, 9.17) is 0 Å². The predicted molar refractivity (Wildman–Crippen MR) is 182 cm³/mol. The van der Waals surface area contributed by atoms with Gasteiger partial charge in [-0.3, -0.25) is 33.8 Å². The third-order valence-electron chi connectivity index (χ3n) is 11.0. The van der Waals surface area contributed by atoms with Crippen LogP contribution in [0.15, 0.2) is 18.6 Å². The van der Waals surface area contributed by atoms with Crippen molar-refractivity contribution in [2.45, 2.75) is 135 Å². The van der Waals surface area contributed by atoms with Crippen molar-refractivity contribution >= 4 is 35.2 Å². The van der Waals surface area contributed by atoms with Gasteiger partial charge in [0.2, 0.25) is 17.6 Å². The molecule has 4 aliphatic rings. The molecule has 3 N–H and O–H groups in total. The van der Waals surface area contributed by atoms with Crippen LogP contribution in [0.2, 0.25) is 0 Å². The smallest absolute Gasteiger partial charge is 0.287 e. The van der Waals surface area contributed by atoms with Crippen LogP contribution in [0.4, 0.5) is 0 Å². The fourth-order valence-electron chi connectivity index (χ4n) is 8.20. The Labute approximate surface area is 289 Å². The number of ketones is 2. The van der Waals surface area contributed by atoms with Crippen LogP contribution in [0.1, 0.15) is 122 Å². The highest BCUT2D eigenvalue weighted by molar-refractivity contribution is 6.37. The number of likely N-dealkylation sites (tertiary alicyclic amines) is 1. The molecule has 0 aromatic carbocycles. The van der Waals surface area contributed by atoms with Crippen molar-refractivity contribution < 1.29 is 28.8 Å². The molecule has 5 rings (SSSR count). The van der Waals surface area contributed by atoms with Crippen molar-refractivity contribution in [2.75, 3.05) is 6.54 Å². The maximum absolute atomic E-state index is 14.6. The Morgan fingerprint density at radius 2 is 1.65 bits per heavy atom. The van der Waals surface area contributed by atoms with E-state index in [-0.39, 0.29) is 47.6 Å². The Kier molecular flexibility index (Phi) is 11.9. The summed E-state index contributed by atoms with van der Waals surface area (Å²) in [5.41, 5.74) is -0.611. The van der Waals surface area contributed by atoms with E-state index in [1.807, 2.05) is 27.7 Å². The molecular weight excluding hydrogens is 624 g/mol. The summed E-state index contributed by atoms with van der Waals surface area (Å²) in [6.45, 7) is 7.98. The molecular formula is C37H54N6O6. The average molecular weight is 679 g/mol. The van der Waals surface area contributed by atoms with E-state index < -0.39 is 53.0 Å². The largest absolute Gasteiger partial charge is 0.347 e. The van der Waals surface area contributed by atoms with E-state index >= 15 is 0 Å². The first-order valence-corrected chi connectivity index (χ1v) is 18.4. The van der Waals surface area contributed by atoms with Gasteiger partial charge in [-0.1, -0.05) is 59.8 Å². The number of rotatable bonds is 14. The maximum atomic E-state index is 14.6. The van der Waals surface area contributed by atoms with Crippen molar-refractivity contribution in [2.24, 2.45) is 29.1 Å². The number of fused-ring (bicyclic) bond motifs is 1. The van der Waals surface area contributed by atoms with Gasteiger partial charge in [-0.25, -0.2) is 4.98 Å². The second-order valence-corrected chi connectivity index (χ2v) is 15.8. The fraction of sp³-hybridized carbons (Fsp3) is 0.730. The lowest BCUT2D eigenvalue weighted by atomic mass is 9.81. The second-order valence-electron chi connectivity index (χ2n) is 15.8. The Balaban J connectivity index is 1.36. The quantitative estimate of drug-likeness (QED) is 0.251. The zero-order valence-corrected chi connectivity index (χ0v) is 29.5. The molecule has 3 aliphatic carbocycles. The minimum Gasteiger partial charge on any atom is -0.347 e. The molecule has 1 aromatic heterocycles. The first-order valence-electron chi connectivity index (χ1n) is 18.4. The summed E-state index contributed by atoms with van der Waals surface area (Å²) in [5.74, 6) is -3.34. The van der Waals surface area contributed by atoms with Crippen LogP contribution in [-0.4, -0.2) is 80.8 Å². The summed E-state index contributed by atoms with van der Waals surface area (Å²) < 4.78 is 0. The van der Waals surface area contributed by atoms with Crippen molar-refractivity contribution in [3.05, 3.63) is 24.3 Å². The van der Waals surface area contributed by atoms with Crippen LogP contribution in [0.3, 0.4) is 0 Å². The SMILES string of the molecule is CCCC(CC(=O)C1C2CCCC2CN1C(=O)C(NC(=O)C(NC(=O)c1cnccn1)C1CCCCC1)C(C)(C)C)C(=O)C(=O)NC1CC1. The summed E-state index contributed by atoms with van der Waals surface area (Å²) >= 11 is 0. The summed E-state index contributed by atoms with van der Waals surface area (Å²) in [6, 6.07) is -2.51. The third-order valence-corrected chi connectivity index (χ3v) is 11.0. The normalized spacial score (nSPS) is 24.3. The molecule has 1 aromatic rings. The lowest BCUT2D eigenvalue weighted by Crippen LogP contribution is -2.61. The lowest BCUT2D eigenvalue weighted by molar-refractivity contribution is -0.146. The summed E-state index contributed by atoms with van der Waals surface area (Å²) in [4.78, 5) is 91.7. The second kappa shape index (κ2) is 15.9. The Morgan fingerprint density at radius 3 is 2.29 bits per heavy atom. The number of nitrogens with one attached hydrogen (secondary N) is 3. The Bertz CT molecular complexity index is 1390. The van der Waals surface area contributed by atoms with E-state index in [2.05, 4.69) is 25.9 Å². The molecule has 1 aliphatic heterocycles. The molecule has 49 heavy (non-hydrogen) atoms. The molecule has 0 spiro atoms. The minimum absolute atomic E-state index is 0.0216. The zero-order chi connectivity index (χ0) is 35.3. The highest BCUT2D eigenvalue weighted by Crippen LogP contribution is 2.44. The van der Waals surface area contributed by atoms with Gasteiger partial charge in [0.1, 0.15) is 17.8 Å². The van der Waals surface area contributed by atoms with Crippen LogP contribution in [0, 0.1) is 29.1 Å². The van der Waals surface area contributed by atoms with Gasteiger partial charge in [0, 0.05) is 37.3 Å². The number of hydrogen-bond donors (Lipinski definition) is 3. The molecule has 4 amide bonds. The van der Waals surface area contributed by atoms with Crippen LogP contribution < -0.4 is 16.0 Å². The van der Waals surface area contributed by atoms with Gasteiger partial charge in [0.25, 0.3) is 11.8 Å². The number of hydrogen-bond acceptors (Lipinski definition) is 8. The first-order chi connectivity index (χ1) is 23.4. The number of Topliss-reactive ketones (excluding diaryl/α,β-unsaturated/α-hetero) is 2. The summed E-state index contributed by atoms with van der Waals surface area (Å²) in [7, 11) is 0. The minimum atomic E-state index is -0.967. The molecule has 4 fully saturated rings. The van der Waals surface area contributed by atoms with Gasteiger partial charge in [-0.2, -0.15) is 0 Å². The first kappa shape index (κ1) is 36.6. The van der Waals surface area contributed by atoms with Crippen LogP contribution in [-0.2, 0) is 24.0 Å². The van der Waals surface area contributed by atoms with Gasteiger partial charge < -0.3 is 20.9 Å². The van der Waals surface area contributed by atoms with E-state index in [9.17, 15) is 28.8 Å². The predicted octanol–water partition coefficient (Wildman–Crippen LogP) is 3.54. The van der Waals surface area contributed by atoms with E-state index in [0.29, 0.717) is 19.4 Å². The number of carbonyl (C=O) groups is 6. The third kappa shape index (κ3) is 8.91. The summed E-state index contributed by atoms with van der Waals surface area (Å²) in [5, 5.41) is 8.70. The van der Waals surface area contributed by atoms with Crippen molar-refractivity contribution in [1.82, 2.24) is 30.8 Å². The molecule has 12 heteroatoms. The molecule has 6 atom stereocenters. The molecule has 6 unspecified atom stereocenters. The molecule has 12 nitrogen and oxygen atoms in total. The standard InChI is InChI=1S/C37H54N6O6/c1-5-10-23(31(45)35(48)40-25-15-16-25)19-28(44)30-26-14-9-13-24(26)21-43(30)36(49)32(37(2,3)4)42-34(47)29(22-11-7-6-8-12-22)41-33(46)27-20-38-17-18-39-27/h17-18,20,22-26,29-30,32H,5-16,19,21H2,1-4H3,(H,40,48)(H,41,46)(H,42,47). The fourth-order valence-corrected chi connectivity index (χ4v) is 8.20. The molecule has 0 radical (unpaired) electrons. The van der Waals surface area contributed by atoms with Crippen LogP contribution in [0.5, 0.6) is 0 Å². The van der Waals surface area contributed by atoms with Gasteiger partial charge in [-0.15, -0.1) is 0 Å². The van der Waals surface area contributed by atoms with E-state index in [1.54, 1.807) is 4.90 Å².